The number of fused-ring (bicyclic) bond motifs is 1. The molecule has 1 N–H and O–H groups in total. The van der Waals surface area contributed by atoms with Crippen molar-refractivity contribution in [3.63, 3.8) is 0 Å². The maximum absolute atomic E-state index is 12.7. The second kappa shape index (κ2) is 7.61. The molecule has 0 spiro atoms. The van der Waals surface area contributed by atoms with Gasteiger partial charge in [-0.05, 0) is 62.1 Å². The number of carbonyl (C=O) groups is 1. The minimum absolute atomic E-state index is 0.0387. The van der Waals surface area contributed by atoms with Crippen molar-refractivity contribution < 1.29 is 14.3 Å². The number of benzene rings is 2. The van der Waals surface area contributed by atoms with E-state index in [1.54, 1.807) is 0 Å². The van der Waals surface area contributed by atoms with Crippen LogP contribution in [0.15, 0.2) is 36.4 Å². The predicted octanol–water partition coefficient (Wildman–Crippen LogP) is 3.85. The molecule has 0 bridgehead atoms. The summed E-state index contributed by atoms with van der Waals surface area (Å²) < 4.78 is 11.3. The molecule has 1 saturated heterocycles. The summed E-state index contributed by atoms with van der Waals surface area (Å²) in [5, 5.41) is 3.10. The fourth-order valence-electron chi connectivity index (χ4n) is 4.04. The number of nitrogens with zero attached hydrogens (tertiary/aromatic N) is 1. The summed E-state index contributed by atoms with van der Waals surface area (Å²) in [6.45, 7) is 6.56. The number of aryl methyl sites for hydroxylation is 2. The molecule has 2 aromatic rings. The third kappa shape index (κ3) is 3.78. The average Bonchev–Trinajstić information content (AvgIpc) is 3.12. The number of hydrogen-bond acceptors (Lipinski definition) is 4. The number of carbonyl (C=O) groups excluding carboxylic acids is 1. The van der Waals surface area contributed by atoms with E-state index in [0.29, 0.717) is 19.8 Å². The van der Waals surface area contributed by atoms with Crippen LogP contribution in [0, 0.1) is 13.8 Å². The van der Waals surface area contributed by atoms with Crippen LogP contribution in [0.2, 0.25) is 0 Å². The number of para-hydroxylation sites is 1. The molecule has 0 aliphatic carbocycles. The van der Waals surface area contributed by atoms with Crippen molar-refractivity contribution in [2.45, 2.75) is 32.7 Å². The number of likely N-dealkylation sites (tertiary alicyclic amines) is 1. The van der Waals surface area contributed by atoms with Crippen molar-refractivity contribution in [2.75, 3.05) is 31.6 Å². The van der Waals surface area contributed by atoms with Crippen LogP contribution in [0.4, 0.5) is 5.69 Å². The highest BCUT2D eigenvalue weighted by Crippen LogP contribution is 2.38. The van der Waals surface area contributed by atoms with E-state index < -0.39 is 0 Å². The lowest BCUT2D eigenvalue weighted by Gasteiger charge is -2.26. The van der Waals surface area contributed by atoms with Gasteiger partial charge in [0.05, 0.1) is 6.54 Å². The summed E-state index contributed by atoms with van der Waals surface area (Å²) in [6, 6.07) is 12.5. The van der Waals surface area contributed by atoms with Gasteiger partial charge in [-0.1, -0.05) is 24.3 Å². The number of ether oxygens (including phenoxy) is 2. The second-order valence-corrected chi connectivity index (χ2v) is 7.35. The molecule has 5 heteroatoms. The van der Waals surface area contributed by atoms with Crippen molar-refractivity contribution in [1.82, 2.24) is 4.90 Å². The Hall–Kier alpha value is -2.53. The van der Waals surface area contributed by atoms with Gasteiger partial charge >= 0.3 is 0 Å². The molecule has 2 aliphatic rings. The lowest BCUT2D eigenvalue weighted by Crippen LogP contribution is -2.33. The van der Waals surface area contributed by atoms with Gasteiger partial charge in [0.2, 0.25) is 5.91 Å². The Balaban J connectivity index is 1.46. The van der Waals surface area contributed by atoms with E-state index in [1.807, 2.05) is 38.1 Å². The van der Waals surface area contributed by atoms with Gasteiger partial charge in [0.15, 0.2) is 11.5 Å². The van der Waals surface area contributed by atoms with E-state index in [4.69, 9.17) is 9.47 Å². The van der Waals surface area contributed by atoms with E-state index in [2.05, 4.69) is 22.3 Å². The van der Waals surface area contributed by atoms with Crippen LogP contribution in [0.3, 0.4) is 0 Å². The van der Waals surface area contributed by atoms with Gasteiger partial charge < -0.3 is 14.8 Å². The first-order valence-electron chi connectivity index (χ1n) is 9.61. The molecule has 4 rings (SSSR count). The Bertz CT molecular complexity index is 829. The van der Waals surface area contributed by atoms with Gasteiger partial charge in [-0.2, -0.15) is 0 Å². The molecule has 1 atom stereocenters. The maximum atomic E-state index is 12.7. The molecule has 0 saturated carbocycles. The second-order valence-electron chi connectivity index (χ2n) is 7.35. The number of nitrogens with one attached hydrogen (secondary N) is 1. The van der Waals surface area contributed by atoms with Gasteiger partial charge in [-0.3, -0.25) is 9.69 Å². The van der Waals surface area contributed by atoms with Crippen LogP contribution in [0.5, 0.6) is 11.5 Å². The quantitative estimate of drug-likeness (QED) is 0.893. The molecule has 0 radical (unpaired) electrons. The highest BCUT2D eigenvalue weighted by Gasteiger charge is 2.29. The molecule has 142 valence electrons. The molecular weight excluding hydrogens is 340 g/mol. The molecule has 0 unspecified atom stereocenters. The van der Waals surface area contributed by atoms with Gasteiger partial charge in [0, 0.05) is 11.7 Å². The molecular formula is C22H26N2O3. The van der Waals surface area contributed by atoms with Crippen molar-refractivity contribution in [3.8, 4) is 11.5 Å². The van der Waals surface area contributed by atoms with E-state index in [9.17, 15) is 4.79 Å². The van der Waals surface area contributed by atoms with E-state index >= 15 is 0 Å². The topological polar surface area (TPSA) is 50.8 Å². The van der Waals surface area contributed by atoms with Gasteiger partial charge in [0.25, 0.3) is 0 Å². The Labute approximate surface area is 160 Å². The number of anilines is 1. The van der Waals surface area contributed by atoms with Crippen LogP contribution in [-0.4, -0.2) is 37.1 Å². The van der Waals surface area contributed by atoms with E-state index in [0.717, 1.165) is 47.7 Å². The summed E-state index contributed by atoms with van der Waals surface area (Å²) in [7, 11) is 0. The molecule has 2 aromatic carbocycles. The number of hydrogen-bond donors (Lipinski definition) is 1. The molecule has 2 aliphatic heterocycles. The monoisotopic (exact) mass is 366 g/mol. The largest absolute Gasteiger partial charge is 0.486 e. The highest BCUT2D eigenvalue weighted by molar-refractivity contribution is 5.93. The number of rotatable bonds is 4. The van der Waals surface area contributed by atoms with Crippen molar-refractivity contribution in [3.05, 3.63) is 53.1 Å². The van der Waals surface area contributed by atoms with Gasteiger partial charge in [-0.15, -0.1) is 0 Å². The zero-order chi connectivity index (χ0) is 18.8. The summed E-state index contributed by atoms with van der Waals surface area (Å²) in [4.78, 5) is 14.9. The molecule has 2 heterocycles. The maximum Gasteiger partial charge on any atom is 0.238 e. The summed E-state index contributed by atoms with van der Waals surface area (Å²) in [5.74, 6) is 1.66. The standard InChI is InChI=1S/C22H26N2O3/c1-15-5-3-6-16(2)22(15)23-21(25)14-24-10-4-7-18(24)17-8-9-19-20(13-17)27-12-11-26-19/h3,5-6,8-9,13,18H,4,7,10-12,14H2,1-2H3,(H,23,25)/t18-/m1/s1. The fourth-order valence-corrected chi connectivity index (χ4v) is 4.04. The first kappa shape index (κ1) is 17.9. The van der Waals surface area contributed by atoms with Crippen LogP contribution < -0.4 is 14.8 Å². The van der Waals surface area contributed by atoms with E-state index in [-0.39, 0.29) is 11.9 Å². The molecule has 5 nitrogen and oxygen atoms in total. The van der Waals surface area contributed by atoms with Crippen LogP contribution >= 0.6 is 0 Å². The molecule has 0 aromatic heterocycles. The minimum atomic E-state index is 0.0387. The van der Waals surface area contributed by atoms with Crippen molar-refractivity contribution in [1.29, 1.82) is 0 Å². The summed E-state index contributed by atoms with van der Waals surface area (Å²) in [6.07, 6.45) is 2.14. The Morgan fingerprint density at radius 3 is 2.63 bits per heavy atom. The minimum Gasteiger partial charge on any atom is -0.486 e. The zero-order valence-electron chi connectivity index (χ0n) is 16.0. The van der Waals surface area contributed by atoms with Crippen LogP contribution in [0.25, 0.3) is 0 Å². The van der Waals surface area contributed by atoms with E-state index in [1.165, 1.54) is 5.56 Å². The fraction of sp³-hybridized carbons (Fsp3) is 0.409. The number of amides is 1. The average molecular weight is 366 g/mol. The first-order chi connectivity index (χ1) is 13.1. The molecule has 27 heavy (non-hydrogen) atoms. The van der Waals surface area contributed by atoms with Crippen LogP contribution in [-0.2, 0) is 4.79 Å². The Kier molecular flexibility index (Phi) is 5.03. The third-order valence-corrected chi connectivity index (χ3v) is 5.41. The molecule has 1 amide bonds. The van der Waals surface area contributed by atoms with Gasteiger partial charge in [0.1, 0.15) is 13.2 Å². The third-order valence-electron chi connectivity index (χ3n) is 5.41. The van der Waals surface area contributed by atoms with Crippen molar-refractivity contribution in [2.24, 2.45) is 0 Å². The summed E-state index contributed by atoms with van der Waals surface area (Å²) in [5.41, 5.74) is 4.30. The zero-order valence-corrected chi connectivity index (χ0v) is 16.0. The Morgan fingerprint density at radius 2 is 1.85 bits per heavy atom. The van der Waals surface area contributed by atoms with Crippen LogP contribution in [0.1, 0.15) is 35.6 Å². The lowest BCUT2D eigenvalue weighted by atomic mass is 10.0. The normalized spacial score (nSPS) is 19.1. The molecule has 1 fully saturated rings. The smallest absolute Gasteiger partial charge is 0.238 e. The lowest BCUT2D eigenvalue weighted by molar-refractivity contribution is -0.117. The van der Waals surface area contributed by atoms with Crippen molar-refractivity contribution >= 4 is 11.6 Å². The predicted molar refractivity (Wildman–Crippen MR) is 106 cm³/mol. The summed E-state index contributed by atoms with van der Waals surface area (Å²) >= 11 is 0. The SMILES string of the molecule is Cc1cccc(C)c1NC(=O)CN1CCC[C@@H]1c1ccc2c(c1)OCCO2. The van der Waals surface area contributed by atoms with Gasteiger partial charge in [-0.25, -0.2) is 0 Å². The Morgan fingerprint density at radius 1 is 1.11 bits per heavy atom. The first-order valence-corrected chi connectivity index (χ1v) is 9.61. The highest BCUT2D eigenvalue weighted by atomic mass is 16.6.